The third-order valence-electron chi connectivity index (χ3n) is 5.12. The fourth-order valence-electron chi connectivity index (χ4n) is 4.17. The number of rotatable bonds is 4. The van der Waals surface area contributed by atoms with Gasteiger partial charge < -0.3 is 9.64 Å². The predicted octanol–water partition coefficient (Wildman–Crippen LogP) is 2.43. The van der Waals surface area contributed by atoms with Crippen LogP contribution in [0, 0.1) is 10.1 Å². The second-order valence-corrected chi connectivity index (χ2v) is 9.61. The highest BCUT2D eigenvalue weighted by molar-refractivity contribution is 7.89. The summed E-state index contributed by atoms with van der Waals surface area (Å²) in [5.41, 5.74) is -0.489. The molecular weight excluding hydrogens is 358 g/mol. The average Bonchev–Trinajstić information content (AvgIpc) is 2.99. The normalized spacial score (nSPS) is 21.9. The number of hydrogen-bond donors (Lipinski definition) is 1. The van der Waals surface area contributed by atoms with Crippen LogP contribution >= 0.6 is 0 Å². The molecule has 0 aromatic heterocycles. The van der Waals surface area contributed by atoms with E-state index in [4.69, 9.17) is 4.74 Å². The van der Waals surface area contributed by atoms with Crippen molar-refractivity contribution >= 4 is 21.4 Å². The SMILES string of the molecule is CNS(=O)(=O)c1ccc(N2CC(C)(C)OC3(CCCC3)C2)c([N+](=O)[O-])c1. The van der Waals surface area contributed by atoms with Crippen molar-refractivity contribution in [2.75, 3.05) is 25.0 Å². The standard InChI is InChI=1S/C17H25N3O5S/c1-16(2)11-19(12-17(25-16)8-4-5-9-17)14-7-6-13(26(23,24)18-3)10-15(14)20(21)22/h6-7,10,18H,4-5,8-9,11-12H2,1-3H3. The number of nitro groups is 1. The van der Waals surface area contributed by atoms with Crippen molar-refractivity contribution < 1.29 is 18.1 Å². The summed E-state index contributed by atoms with van der Waals surface area (Å²) in [5, 5.41) is 11.6. The quantitative estimate of drug-likeness (QED) is 0.633. The van der Waals surface area contributed by atoms with Crippen LogP contribution in [0.3, 0.4) is 0 Å². The first-order valence-electron chi connectivity index (χ1n) is 8.75. The zero-order chi connectivity index (χ0) is 19.2. The fraction of sp³-hybridized carbons (Fsp3) is 0.647. The Balaban J connectivity index is 2.03. The molecule has 0 amide bonds. The molecule has 9 heteroatoms. The van der Waals surface area contributed by atoms with Crippen molar-refractivity contribution in [3.63, 3.8) is 0 Å². The number of ether oxygens (including phenoxy) is 1. The topological polar surface area (TPSA) is 102 Å². The van der Waals surface area contributed by atoms with E-state index in [0.29, 0.717) is 18.8 Å². The van der Waals surface area contributed by atoms with Gasteiger partial charge in [0.2, 0.25) is 10.0 Å². The zero-order valence-corrected chi connectivity index (χ0v) is 16.1. The van der Waals surface area contributed by atoms with E-state index in [9.17, 15) is 18.5 Å². The second kappa shape index (κ2) is 6.47. The van der Waals surface area contributed by atoms with Crippen LogP contribution in [-0.2, 0) is 14.8 Å². The summed E-state index contributed by atoms with van der Waals surface area (Å²) in [6, 6.07) is 4.08. The molecule has 0 radical (unpaired) electrons. The maximum atomic E-state index is 12.0. The van der Waals surface area contributed by atoms with Gasteiger partial charge in [-0.25, -0.2) is 13.1 Å². The first-order chi connectivity index (χ1) is 12.1. The number of nitrogens with one attached hydrogen (secondary N) is 1. The highest BCUT2D eigenvalue weighted by Crippen LogP contribution is 2.43. The Kier molecular flexibility index (Phi) is 4.74. The van der Waals surface area contributed by atoms with Gasteiger partial charge in [0.05, 0.1) is 21.0 Å². The van der Waals surface area contributed by atoms with Crippen LogP contribution in [0.5, 0.6) is 0 Å². The molecule has 2 fully saturated rings. The summed E-state index contributed by atoms with van der Waals surface area (Å²) in [4.78, 5) is 13.0. The Hall–Kier alpha value is -1.71. The number of sulfonamides is 1. The molecule has 8 nitrogen and oxygen atoms in total. The van der Waals surface area contributed by atoms with Crippen LogP contribution in [0.4, 0.5) is 11.4 Å². The lowest BCUT2D eigenvalue weighted by Crippen LogP contribution is -2.58. The molecule has 1 aromatic rings. The van der Waals surface area contributed by atoms with Crippen LogP contribution in [-0.4, -0.2) is 44.7 Å². The van der Waals surface area contributed by atoms with Crippen molar-refractivity contribution in [1.82, 2.24) is 4.72 Å². The molecule has 0 atom stereocenters. The third kappa shape index (κ3) is 3.56. The van der Waals surface area contributed by atoms with Gasteiger partial charge in [0.25, 0.3) is 5.69 Å². The molecule has 0 bridgehead atoms. The lowest BCUT2D eigenvalue weighted by molar-refractivity contribution is -0.384. The minimum Gasteiger partial charge on any atom is -0.365 e. The number of hydrogen-bond acceptors (Lipinski definition) is 6. The van der Waals surface area contributed by atoms with E-state index in [2.05, 4.69) is 4.72 Å². The minimum absolute atomic E-state index is 0.112. The molecule has 1 aliphatic heterocycles. The summed E-state index contributed by atoms with van der Waals surface area (Å²) in [7, 11) is -2.46. The fourth-order valence-corrected chi connectivity index (χ4v) is 4.92. The predicted molar refractivity (Wildman–Crippen MR) is 97.9 cm³/mol. The van der Waals surface area contributed by atoms with Crippen LogP contribution in [0.15, 0.2) is 23.1 Å². The minimum atomic E-state index is -3.74. The number of anilines is 1. The van der Waals surface area contributed by atoms with Crippen LogP contribution < -0.4 is 9.62 Å². The van der Waals surface area contributed by atoms with Crippen LogP contribution in [0.1, 0.15) is 39.5 Å². The number of benzene rings is 1. The molecule has 1 heterocycles. The second-order valence-electron chi connectivity index (χ2n) is 7.72. The molecule has 1 aromatic carbocycles. The average molecular weight is 383 g/mol. The first-order valence-corrected chi connectivity index (χ1v) is 10.2. The van der Waals surface area contributed by atoms with Gasteiger partial charge in [-0.3, -0.25) is 10.1 Å². The first kappa shape index (κ1) is 19.1. The van der Waals surface area contributed by atoms with Gasteiger partial charge >= 0.3 is 0 Å². The van der Waals surface area contributed by atoms with E-state index in [-0.39, 0.29) is 16.2 Å². The molecule has 3 rings (SSSR count). The number of nitrogens with zero attached hydrogens (tertiary/aromatic N) is 2. The van der Waals surface area contributed by atoms with Gasteiger partial charge in [0.1, 0.15) is 5.69 Å². The Morgan fingerprint density at radius 3 is 2.46 bits per heavy atom. The van der Waals surface area contributed by atoms with Gasteiger partial charge in [0.15, 0.2) is 0 Å². The van der Waals surface area contributed by atoms with Crippen molar-refractivity contribution in [1.29, 1.82) is 0 Å². The number of morpholine rings is 1. The van der Waals surface area contributed by atoms with Crippen molar-refractivity contribution in [3.05, 3.63) is 28.3 Å². The lowest BCUT2D eigenvalue weighted by atomic mass is 9.93. The Morgan fingerprint density at radius 1 is 1.23 bits per heavy atom. The summed E-state index contributed by atoms with van der Waals surface area (Å²) < 4.78 is 32.5. The van der Waals surface area contributed by atoms with Crippen LogP contribution in [0.2, 0.25) is 0 Å². The van der Waals surface area contributed by atoms with E-state index in [1.54, 1.807) is 0 Å². The smallest absolute Gasteiger partial charge is 0.293 e. The summed E-state index contributed by atoms with van der Waals surface area (Å²) in [5.74, 6) is 0. The molecule has 1 aliphatic carbocycles. The Morgan fingerprint density at radius 2 is 1.88 bits per heavy atom. The maximum absolute atomic E-state index is 12.0. The van der Waals surface area contributed by atoms with Gasteiger partial charge in [-0.05, 0) is 45.9 Å². The molecule has 2 aliphatic rings. The summed E-state index contributed by atoms with van der Waals surface area (Å²) in [6.45, 7) is 5.07. The van der Waals surface area contributed by atoms with Gasteiger partial charge in [-0.15, -0.1) is 0 Å². The van der Waals surface area contributed by atoms with E-state index in [0.717, 1.165) is 31.7 Å². The molecule has 1 spiro atoms. The maximum Gasteiger partial charge on any atom is 0.293 e. The zero-order valence-electron chi connectivity index (χ0n) is 15.3. The van der Waals surface area contributed by atoms with Crippen molar-refractivity contribution in [2.45, 2.75) is 55.6 Å². The van der Waals surface area contributed by atoms with Crippen molar-refractivity contribution in [3.8, 4) is 0 Å². The molecule has 1 N–H and O–H groups in total. The Labute approximate surface area is 153 Å². The molecule has 1 saturated heterocycles. The highest BCUT2D eigenvalue weighted by Gasteiger charge is 2.46. The van der Waals surface area contributed by atoms with Gasteiger partial charge in [0, 0.05) is 19.2 Å². The third-order valence-corrected chi connectivity index (χ3v) is 6.53. The molecule has 26 heavy (non-hydrogen) atoms. The van der Waals surface area contributed by atoms with Crippen LogP contribution in [0.25, 0.3) is 0 Å². The largest absolute Gasteiger partial charge is 0.365 e. The Bertz CT molecular complexity index is 816. The molecule has 1 saturated carbocycles. The molecule has 0 unspecified atom stereocenters. The van der Waals surface area contributed by atoms with E-state index in [1.807, 2.05) is 18.7 Å². The van der Waals surface area contributed by atoms with Crippen molar-refractivity contribution in [2.24, 2.45) is 0 Å². The van der Waals surface area contributed by atoms with E-state index < -0.39 is 20.5 Å². The summed E-state index contributed by atoms with van der Waals surface area (Å²) >= 11 is 0. The highest BCUT2D eigenvalue weighted by atomic mass is 32.2. The van der Waals surface area contributed by atoms with E-state index in [1.165, 1.54) is 19.2 Å². The van der Waals surface area contributed by atoms with E-state index >= 15 is 0 Å². The monoisotopic (exact) mass is 383 g/mol. The van der Waals surface area contributed by atoms with Gasteiger partial charge in [-0.2, -0.15) is 0 Å². The van der Waals surface area contributed by atoms with Gasteiger partial charge in [-0.1, -0.05) is 12.8 Å². The molecule has 144 valence electrons. The summed E-state index contributed by atoms with van der Waals surface area (Å²) in [6.07, 6.45) is 4.05. The number of nitro benzene ring substituents is 1. The lowest BCUT2D eigenvalue weighted by Gasteiger charge is -2.49. The molecular formula is C17H25N3O5S.